The molecular formula is C98H66BBrN4O2. The van der Waals surface area contributed by atoms with E-state index in [-0.39, 0.29) is 5.41 Å². The molecule has 4 heterocycles. The monoisotopic (exact) mass is 1420 g/mol. The highest BCUT2D eigenvalue weighted by molar-refractivity contribution is 9.10. The van der Waals surface area contributed by atoms with Crippen LogP contribution >= 0.6 is 15.9 Å². The summed E-state index contributed by atoms with van der Waals surface area (Å²) in [5.74, 6) is 0. The van der Waals surface area contributed by atoms with E-state index in [4.69, 9.17) is 0 Å². The first-order valence-electron chi connectivity index (χ1n) is 36.2. The number of nitrogens with zero attached hydrogens (tertiary/aromatic N) is 4. The molecule has 0 unspecified atom stereocenters. The Bertz CT molecular complexity index is 6390. The molecule has 0 amide bonds. The molecule has 0 radical (unpaired) electrons. The van der Waals surface area contributed by atoms with Crippen LogP contribution in [0.5, 0.6) is 0 Å². The zero-order valence-corrected chi connectivity index (χ0v) is 59.2. The van der Waals surface area contributed by atoms with Gasteiger partial charge in [0.05, 0.1) is 55.6 Å². The van der Waals surface area contributed by atoms with Crippen molar-refractivity contribution in [2.24, 2.45) is 0 Å². The Morgan fingerprint density at radius 2 is 0.575 bits per heavy atom. The summed E-state index contributed by atoms with van der Waals surface area (Å²) in [4.78, 5) is 4.86. The van der Waals surface area contributed by atoms with Crippen LogP contribution in [0.15, 0.2) is 393 Å². The van der Waals surface area contributed by atoms with Crippen LogP contribution in [-0.2, 0) is 10.8 Å². The molecule has 2 spiro atoms. The third-order valence-electron chi connectivity index (χ3n) is 22.3. The molecule has 6 nitrogen and oxygen atoms in total. The van der Waals surface area contributed by atoms with Gasteiger partial charge in [0.1, 0.15) is 0 Å². The highest BCUT2D eigenvalue weighted by Gasteiger charge is 2.54. The minimum atomic E-state index is -1.46. The molecule has 2 N–H and O–H groups in total. The number of benzene rings is 16. The van der Waals surface area contributed by atoms with Gasteiger partial charge in [-0.15, -0.1) is 0 Å². The third-order valence-corrected chi connectivity index (χ3v) is 23.0. The maximum Gasteiger partial charge on any atom is 0.488 e. The molecule has 16 aromatic carbocycles. The average molecular weight is 1420 g/mol. The summed E-state index contributed by atoms with van der Waals surface area (Å²) in [6.45, 7) is 0. The molecular weight excluding hydrogens is 1360 g/mol. The largest absolute Gasteiger partial charge is 0.488 e. The average Bonchev–Trinajstić information content (AvgIpc) is 1.50. The minimum absolute atomic E-state index is 0.384. The van der Waals surface area contributed by atoms with E-state index in [0.717, 1.165) is 37.7 Å². The zero-order chi connectivity index (χ0) is 70.6. The lowest BCUT2D eigenvalue weighted by molar-refractivity contribution is 0.426. The van der Waals surface area contributed by atoms with Gasteiger partial charge in [0, 0.05) is 48.8 Å². The molecule has 8 heteroatoms. The topological polar surface area (TPSA) is 56.8 Å². The van der Waals surface area contributed by atoms with Crippen LogP contribution in [0.4, 0.5) is 34.1 Å². The highest BCUT2D eigenvalue weighted by Crippen LogP contribution is 2.67. The first-order valence-corrected chi connectivity index (χ1v) is 36.9. The Labute approximate surface area is 623 Å². The molecule has 0 atom stereocenters. The molecule has 22 rings (SSSR count). The van der Waals surface area contributed by atoms with Crippen LogP contribution in [0.1, 0.15) is 44.5 Å². The molecule has 0 bridgehead atoms. The lowest BCUT2D eigenvalue weighted by atomic mass is 9.63. The van der Waals surface area contributed by atoms with E-state index in [1.807, 2.05) is 42.5 Å². The van der Waals surface area contributed by atoms with E-state index in [9.17, 15) is 10.0 Å². The second-order valence-corrected chi connectivity index (χ2v) is 28.5. The number of halogens is 1. The highest BCUT2D eigenvalue weighted by atomic mass is 79.9. The minimum Gasteiger partial charge on any atom is -0.423 e. The van der Waals surface area contributed by atoms with Crippen LogP contribution in [0.25, 0.3) is 88.4 Å². The van der Waals surface area contributed by atoms with E-state index in [1.54, 1.807) is 6.07 Å². The summed E-state index contributed by atoms with van der Waals surface area (Å²) < 4.78 is 5.74. The molecule has 2 aromatic heterocycles. The zero-order valence-electron chi connectivity index (χ0n) is 57.6. The number of fused-ring (bicyclic) bond motifs is 24. The summed E-state index contributed by atoms with van der Waals surface area (Å²) >= 11 is 3.97. The molecule has 0 fully saturated rings. The van der Waals surface area contributed by atoms with Crippen LogP contribution in [0.2, 0.25) is 0 Å². The van der Waals surface area contributed by atoms with E-state index in [1.165, 1.54) is 134 Å². The molecule has 500 valence electrons. The molecule has 106 heavy (non-hydrogen) atoms. The Morgan fingerprint density at radius 1 is 0.245 bits per heavy atom. The summed E-state index contributed by atoms with van der Waals surface area (Å²) in [7, 11) is -1.46. The predicted molar refractivity (Wildman–Crippen MR) is 442 cm³/mol. The van der Waals surface area contributed by atoms with Crippen molar-refractivity contribution >= 4 is 106 Å². The number of rotatable bonds is 6. The Kier molecular flexibility index (Phi) is 15.0. The molecule has 18 aromatic rings. The van der Waals surface area contributed by atoms with Crippen molar-refractivity contribution in [1.82, 2.24) is 9.13 Å². The summed E-state index contributed by atoms with van der Waals surface area (Å²) in [6, 6.07) is 139. The van der Waals surface area contributed by atoms with Crippen molar-refractivity contribution in [3.8, 4) is 44.8 Å². The van der Waals surface area contributed by atoms with Crippen molar-refractivity contribution < 1.29 is 10.0 Å². The molecule has 2 aliphatic carbocycles. The second-order valence-electron chi connectivity index (χ2n) is 27.7. The number of para-hydroxylation sites is 10. The fraction of sp³-hybridized carbons (Fsp3) is 0.0204. The van der Waals surface area contributed by atoms with Crippen LogP contribution < -0.4 is 15.3 Å². The maximum absolute atomic E-state index is 9.43. The van der Waals surface area contributed by atoms with Crippen molar-refractivity contribution in [3.05, 3.63) is 437 Å². The quantitative estimate of drug-likeness (QED) is 0.163. The smallest absolute Gasteiger partial charge is 0.423 e. The molecule has 0 saturated heterocycles. The Hall–Kier alpha value is -12.8. The number of aromatic nitrogens is 2. The van der Waals surface area contributed by atoms with Crippen molar-refractivity contribution in [2.45, 2.75) is 10.8 Å². The Morgan fingerprint density at radius 3 is 1.04 bits per heavy atom. The molecule has 0 saturated carbocycles. The third kappa shape index (κ3) is 9.38. The Balaban J connectivity index is 0.000000116. The standard InChI is InChI=1S/C49H32N2.C31H20BrN.C18H14BNO2/c1-3-16-34(17-4-1)50-44-27-12-8-21-38(44)40-32-33(30-31-45(40)50)36-22-15-23-39-37-20-7-9-24-41(37)49(48(36)39)42-25-10-13-28-46(42)51(35-18-5-2-6-19-35)47-29-14-11-26-43(47)49;32-27-18-10-14-23-22-13-4-5-15-24(22)31(30(23)27)25-16-6-8-19-28(25)33(21-11-2-1-3-12-21)29-20-9-7-17-26(29)31;21-19(22)13-10-11-18-16(12-13)15-8-4-5-9-17(15)20(18)14-6-2-1-3-7-14/h1-32H;1-20H;1-12,21-22H. The van der Waals surface area contributed by atoms with Crippen LogP contribution in [-0.4, -0.2) is 26.3 Å². The predicted octanol–water partition coefficient (Wildman–Crippen LogP) is 23.7. The lowest BCUT2D eigenvalue weighted by Crippen LogP contribution is -2.36. The van der Waals surface area contributed by atoms with Gasteiger partial charge in [-0.3, -0.25) is 0 Å². The van der Waals surface area contributed by atoms with E-state index in [0.29, 0.717) is 5.46 Å². The van der Waals surface area contributed by atoms with Gasteiger partial charge in [-0.25, -0.2) is 0 Å². The number of anilines is 6. The first-order chi connectivity index (χ1) is 52.4. The summed E-state index contributed by atoms with van der Waals surface area (Å²) in [6.07, 6.45) is 0. The van der Waals surface area contributed by atoms with Gasteiger partial charge in [0.25, 0.3) is 0 Å². The van der Waals surface area contributed by atoms with E-state index >= 15 is 0 Å². The van der Waals surface area contributed by atoms with Crippen molar-refractivity contribution in [3.63, 3.8) is 0 Å². The van der Waals surface area contributed by atoms with E-state index in [2.05, 4.69) is 375 Å². The summed E-state index contributed by atoms with van der Waals surface area (Å²) in [5.41, 5.74) is 31.9. The van der Waals surface area contributed by atoms with E-state index < -0.39 is 12.5 Å². The SMILES string of the molecule is Brc1cccc2c1C1(c3ccccc3-2)c2ccccc2N(c2ccccc2)c2ccccc21.OB(O)c1ccc2c(c1)c1ccccc1n2-c1ccccc1.c1ccc(N2c3ccccc3C3(c4ccccc4-c4cccc(-c5ccc6c(c5)c5ccccc5n6-c5ccccc5)c43)c3ccccc32)cc1. The fourth-order valence-electron chi connectivity index (χ4n) is 18.2. The van der Waals surface area contributed by atoms with Gasteiger partial charge >= 0.3 is 7.12 Å². The number of hydrogen-bond acceptors (Lipinski definition) is 4. The van der Waals surface area contributed by atoms with Gasteiger partial charge in [-0.05, 0) is 193 Å². The van der Waals surface area contributed by atoms with Gasteiger partial charge in [0.15, 0.2) is 0 Å². The van der Waals surface area contributed by atoms with Crippen LogP contribution in [0.3, 0.4) is 0 Å². The normalized spacial score (nSPS) is 13.3. The van der Waals surface area contributed by atoms with Gasteiger partial charge < -0.3 is 29.0 Å². The van der Waals surface area contributed by atoms with Crippen molar-refractivity contribution in [2.75, 3.05) is 9.80 Å². The lowest BCUT2D eigenvalue weighted by Gasteiger charge is -2.45. The molecule has 2 aliphatic heterocycles. The maximum atomic E-state index is 9.43. The van der Waals surface area contributed by atoms with Gasteiger partial charge in [-0.1, -0.05) is 295 Å². The summed E-state index contributed by atoms with van der Waals surface area (Å²) in [5, 5.41) is 23.5. The molecule has 4 aliphatic rings. The van der Waals surface area contributed by atoms with Gasteiger partial charge in [-0.2, -0.15) is 0 Å². The van der Waals surface area contributed by atoms with Crippen LogP contribution in [0, 0.1) is 0 Å². The second kappa shape index (κ2) is 25.3. The van der Waals surface area contributed by atoms with Crippen molar-refractivity contribution in [1.29, 1.82) is 0 Å². The fourth-order valence-corrected chi connectivity index (χ4v) is 18.9. The first kappa shape index (κ1) is 62.9. The number of hydrogen-bond donors (Lipinski definition) is 2. The van der Waals surface area contributed by atoms with Gasteiger partial charge in [0.2, 0.25) is 0 Å².